The highest BCUT2D eigenvalue weighted by Gasteiger charge is 2.34. The minimum absolute atomic E-state index is 0.0806. The van der Waals surface area contributed by atoms with Gasteiger partial charge in [0.15, 0.2) is 0 Å². The van der Waals surface area contributed by atoms with Gasteiger partial charge in [0.1, 0.15) is 0 Å². The van der Waals surface area contributed by atoms with E-state index in [0.717, 1.165) is 58.5 Å². The fourth-order valence-electron chi connectivity index (χ4n) is 3.98. The molecule has 1 atom stereocenters. The number of amides is 4. The van der Waals surface area contributed by atoms with Crippen LogP contribution in [0.5, 0.6) is 0 Å². The molecule has 28 heavy (non-hydrogen) atoms. The molecule has 0 radical (unpaired) electrons. The summed E-state index contributed by atoms with van der Waals surface area (Å²) in [6.07, 6.45) is 3.99. The van der Waals surface area contributed by atoms with Gasteiger partial charge in [-0.25, -0.2) is 9.59 Å². The molecule has 0 aromatic heterocycles. The van der Waals surface area contributed by atoms with E-state index in [1.807, 2.05) is 4.90 Å². The van der Waals surface area contributed by atoms with Gasteiger partial charge in [-0.3, -0.25) is 4.90 Å². The van der Waals surface area contributed by atoms with E-state index in [-0.39, 0.29) is 12.1 Å². The van der Waals surface area contributed by atoms with E-state index in [4.69, 9.17) is 4.74 Å². The van der Waals surface area contributed by atoms with E-state index < -0.39 is 0 Å². The average molecular weight is 398 g/mol. The molecule has 2 aliphatic rings. The first kappa shape index (κ1) is 22.7. The lowest BCUT2D eigenvalue weighted by Crippen LogP contribution is -2.51. The van der Waals surface area contributed by atoms with Crippen molar-refractivity contribution in [1.29, 1.82) is 0 Å². The highest BCUT2D eigenvalue weighted by Crippen LogP contribution is 2.23. The zero-order valence-electron chi connectivity index (χ0n) is 18.1. The van der Waals surface area contributed by atoms with Crippen LogP contribution in [0.3, 0.4) is 0 Å². The van der Waals surface area contributed by atoms with E-state index >= 15 is 0 Å². The van der Waals surface area contributed by atoms with E-state index in [0.29, 0.717) is 31.1 Å². The Morgan fingerprint density at radius 3 is 2.39 bits per heavy atom. The van der Waals surface area contributed by atoms with Gasteiger partial charge in [-0.1, -0.05) is 13.8 Å². The van der Waals surface area contributed by atoms with Gasteiger partial charge in [0, 0.05) is 72.1 Å². The number of nitrogens with one attached hydrogen (secondary N) is 2. The van der Waals surface area contributed by atoms with Crippen molar-refractivity contribution in [3.8, 4) is 0 Å². The van der Waals surface area contributed by atoms with Crippen LogP contribution in [-0.4, -0.2) is 98.9 Å². The van der Waals surface area contributed by atoms with Crippen LogP contribution in [0.2, 0.25) is 0 Å². The van der Waals surface area contributed by atoms with Crippen molar-refractivity contribution in [1.82, 2.24) is 25.3 Å². The van der Waals surface area contributed by atoms with Crippen LogP contribution in [0.1, 0.15) is 39.5 Å². The molecule has 0 aromatic carbocycles. The summed E-state index contributed by atoms with van der Waals surface area (Å²) in [5.74, 6) is 0.583. The Kier molecular flexibility index (Phi) is 9.31. The summed E-state index contributed by atoms with van der Waals surface area (Å²) in [6.45, 7) is 9.56. The predicted molar refractivity (Wildman–Crippen MR) is 110 cm³/mol. The van der Waals surface area contributed by atoms with Crippen LogP contribution in [0, 0.1) is 5.92 Å². The van der Waals surface area contributed by atoms with Gasteiger partial charge in [0.05, 0.1) is 0 Å². The third-order valence-electron chi connectivity index (χ3n) is 5.61. The van der Waals surface area contributed by atoms with Gasteiger partial charge in [0.2, 0.25) is 0 Å². The molecule has 8 heteroatoms. The number of hydrogen-bond donors (Lipinski definition) is 2. The lowest BCUT2D eigenvalue weighted by atomic mass is 10.0. The van der Waals surface area contributed by atoms with Gasteiger partial charge in [0.25, 0.3) is 0 Å². The van der Waals surface area contributed by atoms with E-state index in [1.54, 1.807) is 19.0 Å². The topological polar surface area (TPSA) is 77.2 Å². The van der Waals surface area contributed by atoms with Crippen LogP contribution in [0.25, 0.3) is 0 Å². The lowest BCUT2D eigenvalue weighted by Gasteiger charge is -2.38. The molecule has 0 aromatic rings. The molecule has 2 heterocycles. The summed E-state index contributed by atoms with van der Waals surface area (Å²) in [5.41, 5.74) is 0. The molecule has 2 rings (SSSR count). The minimum atomic E-state index is -0.0941. The summed E-state index contributed by atoms with van der Waals surface area (Å²) in [5, 5.41) is 5.91. The summed E-state index contributed by atoms with van der Waals surface area (Å²) >= 11 is 0. The van der Waals surface area contributed by atoms with Gasteiger partial charge < -0.3 is 25.2 Å². The Labute approximate surface area is 169 Å². The Bertz CT molecular complexity index is 494. The van der Waals surface area contributed by atoms with Crippen molar-refractivity contribution >= 4 is 12.1 Å². The zero-order chi connectivity index (χ0) is 20.5. The van der Waals surface area contributed by atoms with Gasteiger partial charge in [-0.2, -0.15) is 0 Å². The Morgan fingerprint density at radius 2 is 1.75 bits per heavy atom. The van der Waals surface area contributed by atoms with Crippen molar-refractivity contribution < 1.29 is 14.3 Å². The fraction of sp³-hybridized carbons (Fsp3) is 0.900. The average Bonchev–Trinajstić information content (AvgIpc) is 3.14. The Morgan fingerprint density at radius 1 is 1.07 bits per heavy atom. The molecule has 0 aliphatic carbocycles. The minimum Gasteiger partial charge on any atom is -0.381 e. The molecule has 2 aliphatic heterocycles. The molecule has 162 valence electrons. The highest BCUT2D eigenvalue weighted by molar-refractivity contribution is 5.74. The van der Waals surface area contributed by atoms with Gasteiger partial charge >= 0.3 is 12.1 Å². The second-order valence-corrected chi connectivity index (χ2v) is 8.51. The molecular weight excluding hydrogens is 358 g/mol. The second-order valence-electron chi connectivity index (χ2n) is 8.51. The molecule has 4 amide bonds. The quantitative estimate of drug-likeness (QED) is 0.652. The summed E-state index contributed by atoms with van der Waals surface area (Å²) in [7, 11) is 3.60. The Hall–Kier alpha value is -1.54. The molecule has 8 nitrogen and oxygen atoms in total. The third kappa shape index (κ3) is 7.13. The number of carbonyl (C=O) groups excluding carboxylic acids is 2. The molecule has 2 fully saturated rings. The second kappa shape index (κ2) is 11.5. The number of nitrogens with zero attached hydrogens (tertiary/aromatic N) is 3. The van der Waals surface area contributed by atoms with E-state index in [1.165, 1.54) is 0 Å². The predicted octanol–water partition coefficient (Wildman–Crippen LogP) is 1.57. The van der Waals surface area contributed by atoms with Crippen molar-refractivity contribution in [2.24, 2.45) is 5.92 Å². The normalized spacial score (nSPS) is 20.6. The first-order valence-corrected chi connectivity index (χ1v) is 10.7. The first-order valence-electron chi connectivity index (χ1n) is 10.7. The number of rotatable bonds is 8. The van der Waals surface area contributed by atoms with Crippen molar-refractivity contribution in [3.63, 3.8) is 0 Å². The summed E-state index contributed by atoms with van der Waals surface area (Å²) in [6, 6.07) is 0.789. The number of urea groups is 2. The van der Waals surface area contributed by atoms with Crippen LogP contribution in [-0.2, 0) is 4.74 Å². The number of carbonyl (C=O) groups is 2. The first-order chi connectivity index (χ1) is 13.4. The molecule has 0 saturated carbocycles. The monoisotopic (exact) mass is 397 g/mol. The van der Waals surface area contributed by atoms with E-state index in [2.05, 4.69) is 29.4 Å². The van der Waals surface area contributed by atoms with Crippen LogP contribution in [0.15, 0.2) is 0 Å². The SMILES string of the molecule is CC(C)CCNC(=O)NCCN(C1CCOCC1)C1CCN(C(=O)N(C)C)C1. The maximum Gasteiger partial charge on any atom is 0.319 e. The molecule has 2 saturated heterocycles. The van der Waals surface area contributed by atoms with Crippen LogP contribution >= 0.6 is 0 Å². The highest BCUT2D eigenvalue weighted by atomic mass is 16.5. The standard InChI is InChI=1S/C20H39N5O3/c1-16(2)5-9-21-19(26)22-10-12-25(17-7-13-28-14-8-17)18-6-11-24(15-18)20(27)23(3)4/h16-18H,5-15H2,1-4H3,(H2,21,22,26). The largest absolute Gasteiger partial charge is 0.381 e. The molecule has 1 unspecified atom stereocenters. The van der Waals surface area contributed by atoms with E-state index in [9.17, 15) is 9.59 Å². The molecule has 0 bridgehead atoms. The maximum absolute atomic E-state index is 12.3. The lowest BCUT2D eigenvalue weighted by molar-refractivity contribution is 0.0191. The number of likely N-dealkylation sites (tertiary alicyclic amines) is 1. The van der Waals surface area contributed by atoms with Crippen LogP contribution < -0.4 is 10.6 Å². The number of ether oxygens (including phenoxy) is 1. The molecule has 2 N–H and O–H groups in total. The zero-order valence-corrected chi connectivity index (χ0v) is 18.1. The van der Waals surface area contributed by atoms with Crippen LogP contribution in [0.4, 0.5) is 9.59 Å². The summed E-state index contributed by atoms with van der Waals surface area (Å²) in [4.78, 5) is 30.4. The Balaban J connectivity index is 1.84. The molecule has 0 spiro atoms. The van der Waals surface area contributed by atoms with Gasteiger partial charge in [-0.15, -0.1) is 0 Å². The molecular formula is C20H39N5O3. The van der Waals surface area contributed by atoms with Crippen molar-refractivity contribution in [3.05, 3.63) is 0 Å². The van der Waals surface area contributed by atoms with Crippen molar-refractivity contribution in [2.75, 3.05) is 60.0 Å². The smallest absolute Gasteiger partial charge is 0.319 e. The number of hydrogen-bond acceptors (Lipinski definition) is 4. The maximum atomic E-state index is 12.3. The fourth-order valence-corrected chi connectivity index (χ4v) is 3.98. The summed E-state index contributed by atoms with van der Waals surface area (Å²) < 4.78 is 5.53. The third-order valence-corrected chi connectivity index (χ3v) is 5.61. The van der Waals surface area contributed by atoms with Crippen molar-refractivity contribution in [2.45, 2.75) is 51.6 Å². The van der Waals surface area contributed by atoms with Gasteiger partial charge in [-0.05, 0) is 31.6 Å².